The third-order valence-corrected chi connectivity index (χ3v) is 7.73. The first-order valence-electron chi connectivity index (χ1n) is 11.3. The Hall–Kier alpha value is -3.02. The number of carbonyl (C=O) groups is 2. The highest BCUT2D eigenvalue weighted by Crippen LogP contribution is 2.31. The largest absolute Gasteiger partial charge is 0.394 e. The molecule has 6 rings (SSSR count). The molecule has 1 N–H and O–H groups in total. The van der Waals surface area contributed by atoms with E-state index in [0.717, 1.165) is 44.6 Å². The van der Waals surface area contributed by atoms with Crippen molar-refractivity contribution >= 4 is 66.7 Å². The Morgan fingerprint density at radius 1 is 0.853 bits per heavy atom. The van der Waals surface area contributed by atoms with Crippen LogP contribution in [0.5, 0.6) is 0 Å². The van der Waals surface area contributed by atoms with Gasteiger partial charge in [0.2, 0.25) is 11.8 Å². The van der Waals surface area contributed by atoms with Crippen molar-refractivity contribution in [2.45, 2.75) is 51.1 Å². The molecule has 0 radical (unpaired) electrons. The molecule has 0 spiro atoms. The molecule has 11 heteroatoms. The van der Waals surface area contributed by atoms with Gasteiger partial charge in [0, 0.05) is 30.3 Å². The minimum Gasteiger partial charge on any atom is -0.394 e. The van der Waals surface area contributed by atoms with E-state index in [1.807, 2.05) is 41.3 Å². The Labute approximate surface area is 204 Å². The third kappa shape index (κ3) is 4.26. The summed E-state index contributed by atoms with van der Waals surface area (Å²) in [4.78, 5) is 27.3. The Kier molecular flexibility index (Phi) is 6.48. The van der Waals surface area contributed by atoms with Gasteiger partial charge in [0.15, 0.2) is 0 Å². The molecule has 9 nitrogen and oxygen atoms in total. The second kappa shape index (κ2) is 9.69. The monoisotopic (exact) mass is 496 g/mol. The molecule has 176 valence electrons. The lowest BCUT2D eigenvalue weighted by molar-refractivity contribution is -0.118. The molecule has 2 atom stereocenters. The van der Waals surface area contributed by atoms with Crippen molar-refractivity contribution < 1.29 is 14.7 Å². The van der Waals surface area contributed by atoms with Crippen LogP contribution in [0.3, 0.4) is 0 Å². The predicted molar refractivity (Wildman–Crippen MR) is 133 cm³/mol. The summed E-state index contributed by atoms with van der Waals surface area (Å²) in [6.07, 6.45) is 3.86. The number of benzene rings is 2. The second-order valence-electron chi connectivity index (χ2n) is 8.35. The van der Waals surface area contributed by atoms with Gasteiger partial charge >= 0.3 is 0 Å². The molecule has 2 fully saturated rings. The molecule has 0 aliphatic carbocycles. The zero-order valence-electron chi connectivity index (χ0n) is 18.6. The predicted octanol–water partition coefficient (Wildman–Crippen LogP) is 3.78. The van der Waals surface area contributed by atoms with Crippen LogP contribution in [0.15, 0.2) is 36.4 Å². The number of aliphatic hydroxyl groups is 1. The molecule has 2 aromatic carbocycles. The van der Waals surface area contributed by atoms with Gasteiger partial charge in [0.25, 0.3) is 0 Å². The number of hydrogen-bond acceptors (Lipinski definition) is 9. The topological polar surface area (TPSA) is 112 Å². The quantitative estimate of drug-likeness (QED) is 0.458. The van der Waals surface area contributed by atoms with Gasteiger partial charge in [0.05, 0.1) is 22.0 Å². The zero-order valence-corrected chi connectivity index (χ0v) is 20.3. The van der Waals surface area contributed by atoms with Crippen LogP contribution in [0.2, 0.25) is 0 Å². The summed E-state index contributed by atoms with van der Waals surface area (Å²) in [5.41, 5.74) is 3.55. The molecule has 2 aliphatic rings. The third-order valence-electron chi connectivity index (χ3n) is 6.35. The zero-order chi connectivity index (χ0) is 23.7. The van der Waals surface area contributed by atoms with E-state index in [1.165, 1.54) is 23.1 Å². The molecule has 2 saturated heterocycles. The van der Waals surface area contributed by atoms with Crippen molar-refractivity contribution in [2.75, 3.05) is 16.4 Å². The van der Waals surface area contributed by atoms with Gasteiger partial charge < -0.3 is 14.9 Å². The molecule has 0 unspecified atom stereocenters. The maximum Gasteiger partial charge on any atom is 0.227 e. The van der Waals surface area contributed by atoms with E-state index in [2.05, 4.69) is 26.1 Å². The molecule has 4 heterocycles. The highest BCUT2D eigenvalue weighted by Gasteiger charge is 2.32. The van der Waals surface area contributed by atoms with Gasteiger partial charge in [-0.05, 0) is 78.7 Å². The first-order valence-corrected chi connectivity index (χ1v) is 12.8. The highest BCUT2D eigenvalue weighted by atomic mass is 32.1. The van der Waals surface area contributed by atoms with E-state index >= 15 is 0 Å². The van der Waals surface area contributed by atoms with E-state index in [4.69, 9.17) is 0 Å². The van der Waals surface area contributed by atoms with Crippen molar-refractivity contribution in [2.24, 2.45) is 0 Å². The molecule has 4 aromatic rings. The lowest BCUT2D eigenvalue weighted by Gasteiger charge is -2.23. The van der Waals surface area contributed by atoms with Crippen molar-refractivity contribution in [3.05, 3.63) is 36.4 Å². The van der Waals surface area contributed by atoms with E-state index in [9.17, 15) is 14.7 Å². The minimum absolute atomic E-state index is 0.00468. The fourth-order valence-corrected chi connectivity index (χ4v) is 5.77. The van der Waals surface area contributed by atoms with Crippen molar-refractivity contribution in [3.8, 4) is 0 Å². The summed E-state index contributed by atoms with van der Waals surface area (Å²) in [5.74, 6) is 0.301. The van der Waals surface area contributed by atoms with Crippen LogP contribution in [-0.2, 0) is 9.59 Å². The first kappa shape index (κ1) is 22.8. The van der Waals surface area contributed by atoms with Crippen LogP contribution in [0, 0.1) is 0 Å². The fourth-order valence-electron chi connectivity index (χ4n) is 4.59. The average molecular weight is 497 g/mol. The molecule has 2 aliphatic heterocycles. The number of fused-ring (bicyclic) bond motifs is 2. The van der Waals surface area contributed by atoms with Crippen molar-refractivity contribution in [3.63, 3.8) is 0 Å². The van der Waals surface area contributed by atoms with Crippen LogP contribution in [0.1, 0.15) is 39.0 Å². The molecule has 2 aromatic heterocycles. The fraction of sp³-hybridized carbons (Fsp3) is 0.391. The van der Waals surface area contributed by atoms with Crippen LogP contribution in [-0.4, -0.2) is 54.8 Å². The van der Waals surface area contributed by atoms with Gasteiger partial charge in [-0.25, -0.2) is 0 Å². The maximum absolute atomic E-state index is 11.9. The maximum atomic E-state index is 11.9. The molecule has 0 bridgehead atoms. The first-order chi connectivity index (χ1) is 16.6. The van der Waals surface area contributed by atoms with Crippen molar-refractivity contribution in [1.29, 1.82) is 0 Å². The number of hydrogen-bond donors (Lipinski definition) is 1. The summed E-state index contributed by atoms with van der Waals surface area (Å²) in [6.45, 7) is 2.13. The van der Waals surface area contributed by atoms with E-state index < -0.39 is 0 Å². The minimum atomic E-state index is -0.0965. The normalized spacial score (nSPS) is 20.4. The Morgan fingerprint density at radius 2 is 1.35 bits per heavy atom. The number of aliphatic hydroxyl groups excluding tert-OH is 1. The summed E-state index contributed by atoms with van der Waals surface area (Å²) in [6, 6.07) is 11.8. The Bertz CT molecular complexity index is 1240. The van der Waals surface area contributed by atoms with Gasteiger partial charge in [0.1, 0.15) is 11.0 Å². The van der Waals surface area contributed by atoms with Crippen LogP contribution in [0.4, 0.5) is 11.4 Å². The Morgan fingerprint density at radius 3 is 1.85 bits per heavy atom. The van der Waals surface area contributed by atoms with E-state index in [0.29, 0.717) is 25.3 Å². The highest BCUT2D eigenvalue weighted by molar-refractivity contribution is 7.13. The van der Waals surface area contributed by atoms with Crippen LogP contribution >= 0.6 is 23.1 Å². The number of aromatic nitrogens is 4. The average Bonchev–Trinajstić information content (AvgIpc) is 3.64. The number of nitrogens with zero attached hydrogens (tertiary/aromatic N) is 6. The van der Waals surface area contributed by atoms with Gasteiger partial charge in [-0.15, -0.1) is 10.2 Å². The number of rotatable bonds is 4. The summed E-state index contributed by atoms with van der Waals surface area (Å²) < 4.78 is 9.78. The number of amides is 2. The van der Waals surface area contributed by atoms with Gasteiger partial charge in [-0.2, -0.15) is 0 Å². The van der Waals surface area contributed by atoms with Crippen molar-refractivity contribution in [1.82, 2.24) is 19.2 Å². The molecule has 34 heavy (non-hydrogen) atoms. The smallest absolute Gasteiger partial charge is 0.227 e. The van der Waals surface area contributed by atoms with Crippen LogP contribution in [0.25, 0.3) is 20.4 Å². The molecular formula is C23H24N6O3S2. The number of anilines is 2. The van der Waals surface area contributed by atoms with E-state index in [1.54, 1.807) is 4.90 Å². The lowest BCUT2D eigenvalue weighted by atomic mass is 10.1. The summed E-state index contributed by atoms with van der Waals surface area (Å²) in [7, 11) is 0. The lowest BCUT2D eigenvalue weighted by Crippen LogP contribution is -2.35. The molecular weight excluding hydrogens is 472 g/mol. The summed E-state index contributed by atoms with van der Waals surface area (Å²) in [5, 5.41) is 17.2. The van der Waals surface area contributed by atoms with Gasteiger partial charge in [-0.3, -0.25) is 9.59 Å². The second-order valence-corrected chi connectivity index (χ2v) is 9.92. The number of carbonyl (C=O) groups excluding carboxylic acids is 2. The standard InChI is InChI=1S/C12H13N3OS.C11H11N3O2S/c1-2-8-4-6-12(16)15(8)9-3-5-10-11(7-9)17-14-13-10;15-6-8-2-4-11(16)14(8)7-1-3-9-10(5-7)17-13-12-9/h3,5,7-8H,2,4,6H2,1H3;1,3,5,8,15H,2,4,6H2/t2*8-/m01/s1. The SMILES string of the molecule is CC[C@H]1CCC(=O)N1c1ccc2nnsc2c1.O=C1CC[C@H](CO)N1c1ccc2nnsc2c1. The van der Waals surface area contributed by atoms with Gasteiger partial charge in [-0.1, -0.05) is 15.9 Å². The summed E-state index contributed by atoms with van der Waals surface area (Å²) >= 11 is 2.68. The van der Waals surface area contributed by atoms with Crippen LogP contribution < -0.4 is 9.80 Å². The molecule has 0 saturated carbocycles. The molecule has 2 amide bonds. The Balaban J connectivity index is 0.000000142. The van der Waals surface area contributed by atoms with E-state index in [-0.39, 0.29) is 24.5 Å².